The molecule has 0 radical (unpaired) electrons. The largest absolute Gasteiger partial charge is 0.408 e. The molecule has 1 heterocycles. The van der Waals surface area contributed by atoms with Gasteiger partial charge in [0.05, 0.1) is 0 Å². The van der Waals surface area contributed by atoms with Crippen molar-refractivity contribution in [1.82, 2.24) is 10.2 Å². The minimum Gasteiger partial charge on any atom is -0.408 e. The van der Waals surface area contributed by atoms with Crippen molar-refractivity contribution in [2.24, 2.45) is 5.73 Å². The zero-order valence-corrected chi connectivity index (χ0v) is 11.7. The molecule has 0 aliphatic heterocycles. The van der Waals surface area contributed by atoms with Crippen LogP contribution in [0, 0.1) is 0 Å². The van der Waals surface area contributed by atoms with Crippen LogP contribution in [-0.4, -0.2) is 16.7 Å². The number of anilines is 2. The Labute approximate surface area is 114 Å². The lowest BCUT2D eigenvalue weighted by atomic mass is 10.1. The maximum Gasteiger partial charge on any atom is 0.320 e. The van der Waals surface area contributed by atoms with Gasteiger partial charge < -0.3 is 15.5 Å². The summed E-state index contributed by atoms with van der Waals surface area (Å²) in [5, 5.41) is 11.0. The minimum absolute atomic E-state index is 0.399. The number of halogens is 1. The Morgan fingerprint density at radius 1 is 1.39 bits per heavy atom. The Bertz CT molecular complexity index is 527. The first-order valence-electron chi connectivity index (χ1n) is 5.80. The summed E-state index contributed by atoms with van der Waals surface area (Å²) < 4.78 is 6.49. The van der Waals surface area contributed by atoms with Crippen molar-refractivity contribution < 1.29 is 4.42 Å². The number of aromatic nitrogens is 2. The molecule has 0 saturated carbocycles. The standard InChI is InChI=1S/C12H15BrN4O/c1-2-8-7-9(13)3-4-10(8)15-12-17-16-11(18-12)5-6-14/h3-4,7H,2,5-6,14H2,1H3,(H,15,17). The molecule has 96 valence electrons. The van der Waals surface area contributed by atoms with Gasteiger partial charge >= 0.3 is 6.01 Å². The van der Waals surface area contributed by atoms with Gasteiger partial charge in [-0.05, 0) is 30.2 Å². The second-order valence-corrected chi connectivity index (χ2v) is 4.74. The molecule has 6 heteroatoms. The molecule has 2 rings (SSSR count). The SMILES string of the molecule is CCc1cc(Br)ccc1Nc1nnc(CCN)o1. The number of hydrogen-bond acceptors (Lipinski definition) is 5. The van der Waals surface area contributed by atoms with E-state index < -0.39 is 0 Å². The van der Waals surface area contributed by atoms with Crippen LogP contribution in [0.25, 0.3) is 0 Å². The molecule has 0 saturated heterocycles. The van der Waals surface area contributed by atoms with Crippen LogP contribution in [0.15, 0.2) is 27.1 Å². The van der Waals surface area contributed by atoms with E-state index in [1.54, 1.807) is 0 Å². The van der Waals surface area contributed by atoms with Crippen molar-refractivity contribution >= 4 is 27.6 Å². The van der Waals surface area contributed by atoms with Crippen LogP contribution in [0.1, 0.15) is 18.4 Å². The van der Waals surface area contributed by atoms with E-state index in [9.17, 15) is 0 Å². The number of nitrogens with zero attached hydrogens (tertiary/aromatic N) is 2. The van der Waals surface area contributed by atoms with Gasteiger partial charge in [-0.2, -0.15) is 0 Å². The molecule has 18 heavy (non-hydrogen) atoms. The number of benzene rings is 1. The summed E-state index contributed by atoms with van der Waals surface area (Å²) in [5.74, 6) is 0.551. The van der Waals surface area contributed by atoms with E-state index in [-0.39, 0.29) is 0 Å². The molecule has 0 spiro atoms. The number of nitrogens with one attached hydrogen (secondary N) is 1. The molecule has 0 aliphatic carbocycles. The van der Waals surface area contributed by atoms with Gasteiger partial charge in [0.25, 0.3) is 0 Å². The molecule has 0 aliphatic rings. The van der Waals surface area contributed by atoms with Gasteiger partial charge in [-0.1, -0.05) is 28.0 Å². The van der Waals surface area contributed by atoms with Crippen molar-refractivity contribution in [3.8, 4) is 0 Å². The van der Waals surface area contributed by atoms with Crippen LogP contribution in [0.2, 0.25) is 0 Å². The van der Waals surface area contributed by atoms with E-state index in [1.165, 1.54) is 5.56 Å². The Morgan fingerprint density at radius 2 is 2.22 bits per heavy atom. The van der Waals surface area contributed by atoms with E-state index in [0.29, 0.717) is 24.9 Å². The van der Waals surface area contributed by atoms with Gasteiger partial charge in [0.2, 0.25) is 5.89 Å². The Balaban J connectivity index is 2.17. The molecule has 5 nitrogen and oxygen atoms in total. The average molecular weight is 311 g/mol. The van der Waals surface area contributed by atoms with Crippen molar-refractivity contribution in [3.63, 3.8) is 0 Å². The molecule has 2 aromatic rings. The third-order valence-electron chi connectivity index (χ3n) is 2.51. The summed E-state index contributed by atoms with van der Waals surface area (Å²) in [5.41, 5.74) is 7.59. The second kappa shape index (κ2) is 5.97. The molecular weight excluding hydrogens is 296 g/mol. The average Bonchev–Trinajstić information content (AvgIpc) is 2.79. The highest BCUT2D eigenvalue weighted by atomic mass is 79.9. The maximum absolute atomic E-state index is 5.43. The van der Waals surface area contributed by atoms with Crippen molar-refractivity contribution in [1.29, 1.82) is 0 Å². The van der Waals surface area contributed by atoms with Gasteiger partial charge in [0, 0.05) is 23.1 Å². The van der Waals surface area contributed by atoms with E-state index >= 15 is 0 Å². The molecule has 0 amide bonds. The predicted molar refractivity (Wildman–Crippen MR) is 73.9 cm³/mol. The number of rotatable bonds is 5. The zero-order chi connectivity index (χ0) is 13.0. The summed E-state index contributed by atoms with van der Waals surface area (Å²) in [6.45, 7) is 2.60. The first-order valence-corrected chi connectivity index (χ1v) is 6.60. The highest BCUT2D eigenvalue weighted by Gasteiger charge is 2.08. The summed E-state index contributed by atoms with van der Waals surface area (Å²) in [6.07, 6.45) is 1.52. The van der Waals surface area contributed by atoms with E-state index in [0.717, 1.165) is 16.6 Å². The monoisotopic (exact) mass is 310 g/mol. The first-order chi connectivity index (χ1) is 8.72. The fourth-order valence-corrected chi connectivity index (χ4v) is 2.03. The van der Waals surface area contributed by atoms with E-state index in [4.69, 9.17) is 10.2 Å². The molecule has 0 fully saturated rings. The van der Waals surface area contributed by atoms with Gasteiger partial charge in [0.1, 0.15) is 0 Å². The molecule has 0 bridgehead atoms. The Morgan fingerprint density at radius 3 is 2.94 bits per heavy atom. The summed E-state index contributed by atoms with van der Waals surface area (Å²) >= 11 is 3.45. The van der Waals surface area contributed by atoms with Crippen molar-refractivity contribution in [2.45, 2.75) is 19.8 Å². The van der Waals surface area contributed by atoms with Crippen LogP contribution >= 0.6 is 15.9 Å². The third-order valence-corrected chi connectivity index (χ3v) is 3.01. The van der Waals surface area contributed by atoms with Gasteiger partial charge in [-0.3, -0.25) is 0 Å². The van der Waals surface area contributed by atoms with Crippen molar-refractivity contribution in [3.05, 3.63) is 34.1 Å². The van der Waals surface area contributed by atoms with Gasteiger partial charge in [-0.25, -0.2) is 0 Å². The van der Waals surface area contributed by atoms with E-state index in [1.807, 2.05) is 12.1 Å². The third kappa shape index (κ3) is 3.08. The summed E-state index contributed by atoms with van der Waals surface area (Å²) in [6, 6.07) is 6.42. The molecule has 0 unspecified atom stereocenters. The Hall–Kier alpha value is -1.40. The molecule has 0 atom stereocenters. The fraction of sp³-hybridized carbons (Fsp3) is 0.333. The van der Waals surface area contributed by atoms with Crippen LogP contribution in [0.3, 0.4) is 0 Å². The number of hydrogen-bond donors (Lipinski definition) is 2. The van der Waals surface area contributed by atoms with Crippen LogP contribution in [0.4, 0.5) is 11.7 Å². The summed E-state index contributed by atoms with van der Waals surface area (Å²) in [7, 11) is 0. The lowest BCUT2D eigenvalue weighted by Gasteiger charge is -2.07. The maximum atomic E-state index is 5.43. The van der Waals surface area contributed by atoms with Crippen molar-refractivity contribution in [2.75, 3.05) is 11.9 Å². The zero-order valence-electron chi connectivity index (χ0n) is 10.1. The number of nitrogens with two attached hydrogens (primary N) is 1. The van der Waals surface area contributed by atoms with Crippen LogP contribution in [-0.2, 0) is 12.8 Å². The van der Waals surface area contributed by atoms with Crippen LogP contribution < -0.4 is 11.1 Å². The second-order valence-electron chi connectivity index (χ2n) is 3.82. The quantitative estimate of drug-likeness (QED) is 0.887. The molecule has 1 aromatic carbocycles. The highest BCUT2D eigenvalue weighted by Crippen LogP contribution is 2.24. The minimum atomic E-state index is 0.399. The van der Waals surface area contributed by atoms with Gasteiger partial charge in [-0.15, -0.1) is 5.10 Å². The first kappa shape index (κ1) is 13.0. The lowest BCUT2D eigenvalue weighted by Crippen LogP contribution is -2.02. The fourth-order valence-electron chi connectivity index (χ4n) is 1.62. The number of aryl methyl sites for hydroxylation is 1. The smallest absolute Gasteiger partial charge is 0.320 e. The molecule has 1 aromatic heterocycles. The van der Waals surface area contributed by atoms with E-state index in [2.05, 4.69) is 44.4 Å². The Kier molecular flexibility index (Phi) is 4.33. The van der Waals surface area contributed by atoms with Gasteiger partial charge in [0.15, 0.2) is 0 Å². The topological polar surface area (TPSA) is 77.0 Å². The lowest BCUT2D eigenvalue weighted by molar-refractivity contribution is 0.509. The van der Waals surface area contributed by atoms with Crippen LogP contribution in [0.5, 0.6) is 0 Å². The molecule has 3 N–H and O–H groups in total. The normalized spacial score (nSPS) is 10.6. The highest BCUT2D eigenvalue weighted by molar-refractivity contribution is 9.10. The predicted octanol–water partition coefficient (Wildman–Crippen LogP) is 2.64. The molecular formula is C12H15BrN4O. The summed E-state index contributed by atoms with van der Waals surface area (Å²) in [4.78, 5) is 0.